The van der Waals surface area contributed by atoms with Crippen molar-refractivity contribution in [1.29, 1.82) is 0 Å². The predicted molar refractivity (Wildman–Crippen MR) is 135 cm³/mol. The molecule has 0 radical (unpaired) electrons. The van der Waals surface area contributed by atoms with E-state index in [9.17, 15) is 0 Å². The number of likely N-dealkylation sites (tertiary alicyclic amines) is 1. The maximum Gasteiger partial charge on any atom is 0.193 e. The van der Waals surface area contributed by atoms with Crippen LogP contribution in [-0.4, -0.2) is 63.0 Å². The average molecular weight is 550 g/mol. The fraction of sp³-hybridized carbons (Fsp3) is 0.696. The summed E-state index contributed by atoms with van der Waals surface area (Å²) < 4.78 is 11.9. The number of halogens is 2. The summed E-state index contributed by atoms with van der Waals surface area (Å²) in [5.74, 6) is 0.967. The molecule has 1 unspecified atom stereocenters. The number of benzene rings is 1. The van der Waals surface area contributed by atoms with E-state index in [0.29, 0.717) is 12.2 Å². The van der Waals surface area contributed by atoms with Gasteiger partial charge in [-0.15, -0.1) is 24.0 Å². The number of piperidine rings is 1. The molecule has 170 valence electrons. The average Bonchev–Trinajstić information content (AvgIpc) is 2.74. The minimum atomic E-state index is -0.0394. The van der Waals surface area contributed by atoms with Crippen LogP contribution in [-0.2, 0) is 14.9 Å². The van der Waals surface area contributed by atoms with Crippen molar-refractivity contribution in [3.8, 4) is 0 Å². The van der Waals surface area contributed by atoms with Crippen LogP contribution in [0.15, 0.2) is 29.3 Å². The van der Waals surface area contributed by atoms with Gasteiger partial charge in [-0.25, -0.2) is 0 Å². The second-order valence-electron chi connectivity index (χ2n) is 8.80. The number of hydrogen-bond donors (Lipinski definition) is 1. The first-order valence-corrected chi connectivity index (χ1v) is 11.3. The lowest BCUT2D eigenvalue weighted by molar-refractivity contribution is -0.0721. The largest absolute Gasteiger partial charge is 0.376 e. The number of hydrogen-bond acceptors (Lipinski definition) is 3. The smallest absolute Gasteiger partial charge is 0.193 e. The highest BCUT2D eigenvalue weighted by Crippen LogP contribution is 2.25. The molecule has 1 aromatic carbocycles. The Morgan fingerprint density at radius 1 is 1.27 bits per heavy atom. The standard InChI is InChI=1S/C23H36ClN3O2.HI/c1-23(2,18-7-6-8-19(24)15-18)17-26-22(25-3)27-12-10-20(11-13-27)29-16-21-9-4-5-14-28-21;/h6-8,15,20-21H,4-5,9-14,16-17H2,1-3H3,(H,25,26);1H. The second kappa shape index (κ2) is 12.5. The van der Waals surface area contributed by atoms with Gasteiger partial charge in [0.05, 0.1) is 18.8 Å². The first kappa shape index (κ1) is 25.7. The zero-order valence-electron chi connectivity index (χ0n) is 18.5. The van der Waals surface area contributed by atoms with Crippen molar-refractivity contribution >= 4 is 41.5 Å². The van der Waals surface area contributed by atoms with Gasteiger partial charge in [-0.1, -0.05) is 37.6 Å². The molecule has 0 spiro atoms. The zero-order valence-corrected chi connectivity index (χ0v) is 21.6. The van der Waals surface area contributed by atoms with Crippen LogP contribution in [0.3, 0.4) is 0 Å². The summed E-state index contributed by atoms with van der Waals surface area (Å²) in [6.45, 7) is 8.82. The zero-order chi connectivity index (χ0) is 20.7. The van der Waals surface area contributed by atoms with Gasteiger partial charge < -0.3 is 19.7 Å². The third kappa shape index (κ3) is 7.53. The molecule has 30 heavy (non-hydrogen) atoms. The van der Waals surface area contributed by atoms with Crippen LogP contribution >= 0.6 is 35.6 Å². The van der Waals surface area contributed by atoms with Crippen LogP contribution in [0.1, 0.15) is 51.5 Å². The molecule has 2 fully saturated rings. The summed E-state index contributed by atoms with van der Waals surface area (Å²) in [7, 11) is 1.86. The van der Waals surface area contributed by atoms with Gasteiger partial charge in [-0.05, 0) is 49.8 Å². The Morgan fingerprint density at radius 3 is 2.67 bits per heavy atom. The van der Waals surface area contributed by atoms with Gasteiger partial charge in [0.2, 0.25) is 0 Å². The lowest BCUT2D eigenvalue weighted by atomic mass is 9.84. The van der Waals surface area contributed by atoms with E-state index >= 15 is 0 Å². The number of nitrogens with zero attached hydrogens (tertiary/aromatic N) is 2. The highest BCUT2D eigenvalue weighted by atomic mass is 127. The van der Waals surface area contributed by atoms with Crippen LogP contribution in [0.25, 0.3) is 0 Å². The van der Waals surface area contributed by atoms with Crippen molar-refractivity contribution in [2.24, 2.45) is 4.99 Å². The third-order valence-electron chi connectivity index (χ3n) is 6.04. The lowest BCUT2D eigenvalue weighted by Crippen LogP contribution is -2.49. The van der Waals surface area contributed by atoms with Gasteiger partial charge >= 0.3 is 0 Å². The Labute approximate surface area is 204 Å². The van der Waals surface area contributed by atoms with E-state index in [4.69, 9.17) is 21.1 Å². The third-order valence-corrected chi connectivity index (χ3v) is 6.27. The predicted octanol–water partition coefficient (Wildman–Crippen LogP) is 4.86. The molecule has 0 aliphatic carbocycles. The summed E-state index contributed by atoms with van der Waals surface area (Å²) in [5.41, 5.74) is 1.19. The molecule has 1 aromatic rings. The molecule has 2 heterocycles. The molecule has 0 bridgehead atoms. The molecule has 0 saturated carbocycles. The van der Waals surface area contributed by atoms with Crippen molar-refractivity contribution in [1.82, 2.24) is 10.2 Å². The summed E-state index contributed by atoms with van der Waals surface area (Å²) in [6.07, 6.45) is 6.28. The van der Waals surface area contributed by atoms with Crippen LogP contribution in [0.5, 0.6) is 0 Å². The van der Waals surface area contributed by atoms with Gasteiger partial charge in [-0.2, -0.15) is 0 Å². The van der Waals surface area contributed by atoms with Gasteiger partial charge in [0, 0.05) is 43.7 Å². The highest BCUT2D eigenvalue weighted by molar-refractivity contribution is 14.0. The number of aliphatic imine (C=N–C) groups is 1. The van der Waals surface area contributed by atoms with Crippen molar-refractivity contribution in [3.05, 3.63) is 34.9 Å². The maximum atomic E-state index is 6.18. The SMILES string of the molecule is CN=C(NCC(C)(C)c1cccc(Cl)c1)N1CCC(OCC2CCCCO2)CC1.I. The van der Waals surface area contributed by atoms with Crippen molar-refractivity contribution in [2.75, 3.05) is 39.9 Å². The fourth-order valence-electron chi connectivity index (χ4n) is 4.06. The Hall–Kier alpha value is -0.570. The number of guanidine groups is 1. The minimum absolute atomic E-state index is 0. The molecule has 0 amide bonds. The van der Waals surface area contributed by atoms with E-state index in [-0.39, 0.29) is 29.4 Å². The molecular weight excluding hydrogens is 513 g/mol. The number of ether oxygens (including phenoxy) is 2. The molecule has 1 atom stereocenters. The summed E-state index contributed by atoms with van der Waals surface area (Å²) in [5, 5.41) is 4.35. The van der Waals surface area contributed by atoms with Crippen LogP contribution in [0, 0.1) is 0 Å². The molecule has 5 nitrogen and oxygen atoms in total. The van der Waals surface area contributed by atoms with Crippen molar-refractivity contribution < 1.29 is 9.47 Å². The Morgan fingerprint density at radius 2 is 2.03 bits per heavy atom. The Bertz CT molecular complexity index is 672. The van der Waals surface area contributed by atoms with E-state index in [2.05, 4.69) is 35.1 Å². The molecule has 3 rings (SSSR count). The highest BCUT2D eigenvalue weighted by Gasteiger charge is 2.26. The van der Waals surface area contributed by atoms with Crippen LogP contribution in [0.4, 0.5) is 0 Å². The van der Waals surface area contributed by atoms with Gasteiger partial charge in [-0.3, -0.25) is 4.99 Å². The van der Waals surface area contributed by atoms with E-state index in [1.54, 1.807) is 0 Å². The molecule has 2 saturated heterocycles. The lowest BCUT2D eigenvalue weighted by Gasteiger charge is -2.36. The summed E-state index contributed by atoms with van der Waals surface area (Å²) in [4.78, 5) is 6.85. The first-order valence-electron chi connectivity index (χ1n) is 10.9. The second-order valence-corrected chi connectivity index (χ2v) is 9.24. The Balaban J connectivity index is 0.00000320. The number of rotatable bonds is 6. The fourth-order valence-corrected chi connectivity index (χ4v) is 4.25. The Kier molecular flexibility index (Phi) is 10.7. The molecule has 7 heteroatoms. The minimum Gasteiger partial charge on any atom is -0.376 e. The van der Waals surface area contributed by atoms with Crippen molar-refractivity contribution in [3.63, 3.8) is 0 Å². The summed E-state index contributed by atoms with van der Waals surface area (Å²) in [6, 6.07) is 8.11. The number of nitrogens with one attached hydrogen (secondary N) is 1. The van der Waals surface area contributed by atoms with E-state index in [1.807, 2.05) is 25.2 Å². The molecule has 2 aliphatic rings. The monoisotopic (exact) mass is 549 g/mol. The van der Waals surface area contributed by atoms with Gasteiger partial charge in [0.15, 0.2) is 5.96 Å². The molecule has 0 aromatic heterocycles. The van der Waals surface area contributed by atoms with Crippen LogP contribution < -0.4 is 5.32 Å². The molecule has 1 N–H and O–H groups in total. The van der Waals surface area contributed by atoms with Crippen molar-refractivity contribution in [2.45, 2.75) is 63.6 Å². The normalized spacial score (nSPS) is 21.3. The van der Waals surface area contributed by atoms with Crippen LogP contribution in [0.2, 0.25) is 5.02 Å². The van der Waals surface area contributed by atoms with E-state index in [0.717, 1.165) is 63.1 Å². The van der Waals surface area contributed by atoms with E-state index in [1.165, 1.54) is 18.4 Å². The van der Waals surface area contributed by atoms with E-state index < -0.39 is 0 Å². The molecule has 2 aliphatic heterocycles. The topological polar surface area (TPSA) is 46.1 Å². The maximum absolute atomic E-state index is 6.18. The quantitative estimate of drug-likeness (QED) is 0.313. The molecular formula is C23H37ClIN3O2. The van der Waals surface area contributed by atoms with Gasteiger partial charge in [0.25, 0.3) is 0 Å². The van der Waals surface area contributed by atoms with Gasteiger partial charge in [0.1, 0.15) is 0 Å². The first-order chi connectivity index (χ1) is 14.0. The summed E-state index contributed by atoms with van der Waals surface area (Å²) >= 11 is 6.18.